The zero-order valence-corrected chi connectivity index (χ0v) is 26.2. The molecule has 6 heteroatoms. The standard InChI is InChI=1S/C35H54N4O2/c1-5-38(6-2)23-15-11-9-13-21-36-34(40)28-17-19-32-30(25-28)27-31-26-29(18-20-33(31)32)35(41)37-22-14-10-12-16-24-39(7-3)8-4/h17-20,25-26H,5-16,21-24,27H2,1-4H3,(H,36,40)(H,37,41). The molecule has 0 bridgehead atoms. The number of benzene rings is 2. The second kappa shape index (κ2) is 18.0. The van der Waals surface area contributed by atoms with Crippen molar-refractivity contribution in [3.05, 3.63) is 58.7 Å². The van der Waals surface area contributed by atoms with Crippen molar-refractivity contribution in [2.24, 2.45) is 0 Å². The number of nitrogens with zero attached hydrogens (tertiary/aromatic N) is 2. The SMILES string of the molecule is CCN(CC)CCCCCCNC(=O)c1ccc2c(c1)Cc1cc(C(=O)NCCCCCCN(CC)CC)ccc1-2. The zero-order chi connectivity index (χ0) is 29.5. The third-order valence-corrected chi connectivity index (χ3v) is 8.57. The summed E-state index contributed by atoms with van der Waals surface area (Å²) in [6.07, 6.45) is 9.95. The van der Waals surface area contributed by atoms with Gasteiger partial charge in [0.2, 0.25) is 0 Å². The van der Waals surface area contributed by atoms with Gasteiger partial charge in [-0.3, -0.25) is 9.59 Å². The number of amides is 2. The highest BCUT2D eigenvalue weighted by Crippen LogP contribution is 2.37. The van der Waals surface area contributed by atoms with Gasteiger partial charge in [0.1, 0.15) is 0 Å². The summed E-state index contributed by atoms with van der Waals surface area (Å²) in [5.74, 6) is 0.0000322. The molecule has 0 saturated heterocycles. The van der Waals surface area contributed by atoms with Gasteiger partial charge in [0.15, 0.2) is 0 Å². The van der Waals surface area contributed by atoms with Crippen LogP contribution in [0.4, 0.5) is 0 Å². The van der Waals surface area contributed by atoms with Gasteiger partial charge >= 0.3 is 0 Å². The van der Waals surface area contributed by atoms with Crippen LogP contribution in [-0.4, -0.2) is 74.0 Å². The second-order valence-electron chi connectivity index (χ2n) is 11.3. The van der Waals surface area contributed by atoms with Gasteiger partial charge in [-0.1, -0.05) is 65.5 Å². The lowest BCUT2D eigenvalue weighted by Crippen LogP contribution is -2.25. The van der Waals surface area contributed by atoms with E-state index in [1.165, 1.54) is 49.9 Å². The molecule has 3 rings (SSSR count). The molecule has 1 aliphatic rings. The van der Waals surface area contributed by atoms with Gasteiger partial charge in [0.25, 0.3) is 11.8 Å². The predicted octanol–water partition coefficient (Wildman–Crippen LogP) is 6.52. The van der Waals surface area contributed by atoms with Crippen molar-refractivity contribution in [2.75, 3.05) is 52.4 Å². The van der Waals surface area contributed by atoms with E-state index in [9.17, 15) is 9.59 Å². The summed E-state index contributed by atoms with van der Waals surface area (Å²) in [5, 5.41) is 6.20. The quantitative estimate of drug-likeness (QED) is 0.154. The molecule has 0 saturated carbocycles. The Bertz CT molecular complexity index is 1010. The summed E-state index contributed by atoms with van der Waals surface area (Å²) in [6.45, 7) is 17.1. The van der Waals surface area contributed by atoms with Crippen LogP contribution in [-0.2, 0) is 6.42 Å². The Morgan fingerprint density at radius 1 is 0.585 bits per heavy atom. The van der Waals surface area contributed by atoms with Crippen molar-refractivity contribution >= 4 is 11.8 Å². The molecule has 2 amide bonds. The van der Waals surface area contributed by atoms with E-state index < -0.39 is 0 Å². The third kappa shape index (κ3) is 10.3. The number of hydrogen-bond donors (Lipinski definition) is 2. The Hall–Kier alpha value is -2.70. The van der Waals surface area contributed by atoms with Crippen molar-refractivity contribution in [3.8, 4) is 11.1 Å². The molecule has 6 nitrogen and oxygen atoms in total. The minimum absolute atomic E-state index is 0.0000161. The van der Waals surface area contributed by atoms with Crippen molar-refractivity contribution in [2.45, 2.75) is 85.5 Å². The number of rotatable bonds is 20. The molecule has 0 fully saturated rings. The van der Waals surface area contributed by atoms with E-state index in [0.29, 0.717) is 11.1 Å². The number of carbonyl (C=O) groups excluding carboxylic acids is 2. The minimum atomic E-state index is 0.0000161. The molecular weight excluding hydrogens is 508 g/mol. The Labute approximate surface area is 249 Å². The molecule has 2 N–H and O–H groups in total. The van der Waals surface area contributed by atoms with Gasteiger partial charge in [-0.05, 0) is 118 Å². The highest BCUT2D eigenvalue weighted by Gasteiger charge is 2.21. The maximum absolute atomic E-state index is 12.8. The van der Waals surface area contributed by atoms with Crippen LogP contribution in [0.3, 0.4) is 0 Å². The molecule has 2 aromatic rings. The van der Waals surface area contributed by atoms with Crippen LogP contribution in [0.5, 0.6) is 0 Å². The maximum Gasteiger partial charge on any atom is 0.251 e. The van der Waals surface area contributed by atoms with Crippen LogP contribution in [0.2, 0.25) is 0 Å². The number of fused-ring (bicyclic) bond motifs is 3. The Morgan fingerprint density at radius 2 is 0.976 bits per heavy atom. The molecular formula is C35H54N4O2. The average Bonchev–Trinajstić information content (AvgIpc) is 3.37. The van der Waals surface area contributed by atoms with E-state index in [-0.39, 0.29) is 11.8 Å². The van der Waals surface area contributed by atoms with Crippen molar-refractivity contribution < 1.29 is 9.59 Å². The molecule has 0 unspecified atom stereocenters. The smallest absolute Gasteiger partial charge is 0.251 e. The zero-order valence-electron chi connectivity index (χ0n) is 26.2. The third-order valence-electron chi connectivity index (χ3n) is 8.57. The van der Waals surface area contributed by atoms with Gasteiger partial charge in [0.05, 0.1) is 0 Å². The first kappa shape index (κ1) is 32.8. The van der Waals surface area contributed by atoms with Crippen molar-refractivity contribution in [1.29, 1.82) is 0 Å². The van der Waals surface area contributed by atoms with Gasteiger partial charge < -0.3 is 20.4 Å². The summed E-state index contributed by atoms with van der Waals surface area (Å²) in [5.41, 5.74) is 6.08. The maximum atomic E-state index is 12.8. The monoisotopic (exact) mass is 562 g/mol. The van der Waals surface area contributed by atoms with Crippen molar-refractivity contribution in [1.82, 2.24) is 20.4 Å². The summed E-state index contributed by atoms with van der Waals surface area (Å²) >= 11 is 0. The number of nitrogens with one attached hydrogen (secondary N) is 2. The van der Waals surface area contributed by atoms with E-state index in [4.69, 9.17) is 0 Å². The van der Waals surface area contributed by atoms with Gasteiger partial charge in [0, 0.05) is 24.2 Å². The second-order valence-corrected chi connectivity index (χ2v) is 11.3. The first-order valence-corrected chi connectivity index (χ1v) is 16.3. The van der Waals surface area contributed by atoms with Gasteiger partial charge in [-0.25, -0.2) is 0 Å². The van der Waals surface area contributed by atoms with Crippen LogP contribution in [0.1, 0.15) is 111 Å². The average molecular weight is 563 g/mol. The molecule has 0 radical (unpaired) electrons. The highest BCUT2D eigenvalue weighted by molar-refractivity contribution is 5.97. The highest BCUT2D eigenvalue weighted by atomic mass is 16.2. The van der Waals surface area contributed by atoms with Crippen LogP contribution in [0.25, 0.3) is 11.1 Å². The van der Waals surface area contributed by atoms with Crippen LogP contribution >= 0.6 is 0 Å². The molecule has 0 spiro atoms. The fourth-order valence-electron chi connectivity index (χ4n) is 5.81. The normalized spacial score (nSPS) is 12.0. The molecule has 0 aromatic heterocycles. The fourth-order valence-corrected chi connectivity index (χ4v) is 5.81. The molecule has 1 aliphatic carbocycles. The topological polar surface area (TPSA) is 64.7 Å². The minimum Gasteiger partial charge on any atom is -0.352 e. The largest absolute Gasteiger partial charge is 0.352 e. The number of hydrogen-bond acceptors (Lipinski definition) is 4. The van der Waals surface area contributed by atoms with Crippen molar-refractivity contribution in [3.63, 3.8) is 0 Å². The fraction of sp³-hybridized carbons (Fsp3) is 0.600. The Balaban J connectivity index is 1.39. The summed E-state index contributed by atoms with van der Waals surface area (Å²) < 4.78 is 0. The summed E-state index contributed by atoms with van der Waals surface area (Å²) in [6, 6.07) is 12.0. The van der Waals surface area contributed by atoms with E-state index >= 15 is 0 Å². The van der Waals surface area contributed by atoms with Crippen LogP contribution in [0.15, 0.2) is 36.4 Å². The predicted molar refractivity (Wildman–Crippen MR) is 172 cm³/mol. The number of unbranched alkanes of at least 4 members (excludes halogenated alkanes) is 6. The molecule has 0 atom stereocenters. The van der Waals surface area contributed by atoms with E-state index in [0.717, 1.165) is 82.5 Å². The van der Waals surface area contributed by atoms with Crippen LogP contribution in [0, 0.1) is 0 Å². The molecule has 0 aliphatic heterocycles. The lowest BCUT2D eigenvalue weighted by atomic mass is 10.0. The molecule has 0 heterocycles. The van der Waals surface area contributed by atoms with Gasteiger partial charge in [-0.2, -0.15) is 0 Å². The van der Waals surface area contributed by atoms with E-state index in [2.05, 4.69) is 60.3 Å². The van der Waals surface area contributed by atoms with Crippen LogP contribution < -0.4 is 10.6 Å². The number of carbonyl (C=O) groups is 2. The lowest BCUT2D eigenvalue weighted by Gasteiger charge is -2.17. The summed E-state index contributed by atoms with van der Waals surface area (Å²) in [7, 11) is 0. The molecule has 226 valence electrons. The van der Waals surface area contributed by atoms with E-state index in [1.54, 1.807) is 0 Å². The summed E-state index contributed by atoms with van der Waals surface area (Å²) in [4.78, 5) is 30.5. The molecule has 2 aromatic carbocycles. The first-order chi connectivity index (χ1) is 20.0. The Kier molecular flexibility index (Phi) is 14.4. The van der Waals surface area contributed by atoms with Gasteiger partial charge in [-0.15, -0.1) is 0 Å². The first-order valence-electron chi connectivity index (χ1n) is 16.3. The lowest BCUT2D eigenvalue weighted by molar-refractivity contribution is 0.0944. The molecule has 41 heavy (non-hydrogen) atoms. The van der Waals surface area contributed by atoms with E-state index in [1.807, 2.05) is 24.3 Å². The Morgan fingerprint density at radius 3 is 1.37 bits per heavy atom.